The summed E-state index contributed by atoms with van der Waals surface area (Å²) in [6.07, 6.45) is -2.54. The van der Waals surface area contributed by atoms with Crippen molar-refractivity contribution < 1.29 is 24.0 Å². The Balaban J connectivity index is 2.98. The van der Waals surface area contributed by atoms with Crippen molar-refractivity contribution in [1.29, 1.82) is 0 Å². The average molecular weight is 229 g/mol. The van der Waals surface area contributed by atoms with E-state index < -0.39 is 17.3 Å². The van der Waals surface area contributed by atoms with E-state index in [1.807, 2.05) is 0 Å². The first-order chi connectivity index (χ1) is 7.41. The maximum absolute atomic E-state index is 12.7. The zero-order valence-electron chi connectivity index (χ0n) is 8.21. The van der Waals surface area contributed by atoms with Crippen molar-refractivity contribution >= 4 is 11.7 Å². The number of aliphatic carboxylic acids is 1. The molecule has 0 saturated carbocycles. The van der Waals surface area contributed by atoms with Crippen molar-refractivity contribution in [3.63, 3.8) is 0 Å². The number of ether oxygens (including phenoxy) is 1. The molecule has 1 atom stereocenters. The molecule has 6 nitrogen and oxygen atoms in total. The van der Waals surface area contributed by atoms with Gasteiger partial charge in [0.25, 0.3) is 5.69 Å². The number of nitrogens with zero attached hydrogens (tertiary/aromatic N) is 1. The van der Waals surface area contributed by atoms with E-state index in [1.54, 1.807) is 0 Å². The standard InChI is InChI=1S/C9H8FNO5/c1-5-2-3-6(11(14)15)4-7(5)16-8(10)9(12)13/h2-4,8H,1H3,(H,12,13). The molecular weight excluding hydrogens is 221 g/mol. The topological polar surface area (TPSA) is 89.7 Å². The summed E-state index contributed by atoms with van der Waals surface area (Å²) >= 11 is 0. The van der Waals surface area contributed by atoms with E-state index in [9.17, 15) is 19.3 Å². The fourth-order valence-electron chi connectivity index (χ4n) is 0.991. The number of aryl methyl sites for hydroxylation is 1. The molecule has 0 spiro atoms. The molecule has 0 fully saturated rings. The molecule has 0 radical (unpaired) electrons. The molecule has 0 aliphatic heterocycles. The van der Waals surface area contributed by atoms with E-state index in [0.29, 0.717) is 5.56 Å². The summed E-state index contributed by atoms with van der Waals surface area (Å²) in [5.74, 6) is -1.95. The highest BCUT2D eigenvalue weighted by atomic mass is 19.1. The summed E-state index contributed by atoms with van der Waals surface area (Å²) in [6, 6.07) is 3.54. The largest absolute Gasteiger partial charge is 0.476 e. The highest BCUT2D eigenvalue weighted by molar-refractivity contribution is 5.71. The van der Waals surface area contributed by atoms with Crippen molar-refractivity contribution in [2.24, 2.45) is 0 Å². The van der Waals surface area contributed by atoms with Gasteiger partial charge < -0.3 is 9.84 Å². The number of non-ortho nitro benzene ring substituents is 1. The molecule has 7 heteroatoms. The number of nitro benzene ring substituents is 1. The zero-order chi connectivity index (χ0) is 12.3. The quantitative estimate of drug-likeness (QED) is 0.626. The minimum atomic E-state index is -2.54. The highest BCUT2D eigenvalue weighted by Gasteiger charge is 2.19. The van der Waals surface area contributed by atoms with E-state index in [-0.39, 0.29) is 11.4 Å². The molecule has 1 N–H and O–H groups in total. The summed E-state index contributed by atoms with van der Waals surface area (Å²) < 4.78 is 17.2. The van der Waals surface area contributed by atoms with Gasteiger partial charge in [0.05, 0.1) is 11.0 Å². The molecule has 1 unspecified atom stereocenters. The SMILES string of the molecule is Cc1ccc([N+](=O)[O-])cc1OC(F)C(=O)O. The Morgan fingerprint density at radius 1 is 1.62 bits per heavy atom. The lowest BCUT2D eigenvalue weighted by Crippen LogP contribution is -2.21. The van der Waals surface area contributed by atoms with Crippen LogP contribution < -0.4 is 4.74 Å². The summed E-state index contributed by atoms with van der Waals surface area (Å²) in [6.45, 7) is 1.52. The molecular formula is C9H8FNO5. The molecule has 0 bridgehead atoms. The number of carboxylic acid groups (broad SMARTS) is 1. The second-order valence-electron chi connectivity index (χ2n) is 2.98. The van der Waals surface area contributed by atoms with Crippen LogP contribution in [0.4, 0.5) is 10.1 Å². The normalized spacial score (nSPS) is 11.9. The van der Waals surface area contributed by atoms with Crippen molar-refractivity contribution in [3.8, 4) is 5.75 Å². The Kier molecular flexibility index (Phi) is 3.39. The first-order valence-electron chi connectivity index (χ1n) is 4.20. The number of halogens is 1. The molecule has 16 heavy (non-hydrogen) atoms. The van der Waals surface area contributed by atoms with Gasteiger partial charge in [-0.1, -0.05) is 0 Å². The summed E-state index contributed by atoms with van der Waals surface area (Å²) in [7, 11) is 0. The van der Waals surface area contributed by atoms with Gasteiger partial charge in [0, 0.05) is 6.07 Å². The van der Waals surface area contributed by atoms with Crippen LogP contribution in [-0.2, 0) is 4.79 Å². The van der Waals surface area contributed by atoms with Crippen molar-refractivity contribution in [1.82, 2.24) is 0 Å². The fourth-order valence-corrected chi connectivity index (χ4v) is 0.991. The fraction of sp³-hybridized carbons (Fsp3) is 0.222. The summed E-state index contributed by atoms with van der Waals surface area (Å²) in [5.41, 5.74) is 0.118. The number of alkyl halides is 1. The Labute approximate surface area is 89.4 Å². The molecule has 1 aromatic carbocycles. The number of rotatable bonds is 4. The van der Waals surface area contributed by atoms with Crippen molar-refractivity contribution in [2.75, 3.05) is 0 Å². The zero-order valence-corrected chi connectivity index (χ0v) is 8.21. The summed E-state index contributed by atoms with van der Waals surface area (Å²) in [4.78, 5) is 19.9. The van der Waals surface area contributed by atoms with Gasteiger partial charge in [0.15, 0.2) is 0 Å². The van der Waals surface area contributed by atoms with Gasteiger partial charge >= 0.3 is 12.3 Å². The lowest BCUT2D eigenvalue weighted by Gasteiger charge is -2.09. The van der Waals surface area contributed by atoms with E-state index in [2.05, 4.69) is 4.74 Å². The molecule has 1 aromatic rings. The lowest BCUT2D eigenvalue weighted by molar-refractivity contribution is -0.385. The van der Waals surface area contributed by atoms with Crippen LogP contribution in [0.3, 0.4) is 0 Å². The van der Waals surface area contributed by atoms with Crippen LogP contribution in [0.5, 0.6) is 5.75 Å². The third kappa shape index (κ3) is 2.66. The third-order valence-corrected chi connectivity index (χ3v) is 1.81. The van der Waals surface area contributed by atoms with Gasteiger partial charge in [-0.25, -0.2) is 4.79 Å². The van der Waals surface area contributed by atoms with Crippen LogP contribution in [0, 0.1) is 17.0 Å². The van der Waals surface area contributed by atoms with Gasteiger partial charge in [-0.15, -0.1) is 0 Å². The monoisotopic (exact) mass is 229 g/mol. The number of benzene rings is 1. The third-order valence-electron chi connectivity index (χ3n) is 1.81. The minimum Gasteiger partial charge on any atom is -0.476 e. The number of hydrogen-bond donors (Lipinski definition) is 1. The van der Waals surface area contributed by atoms with Gasteiger partial charge in [-0.2, -0.15) is 4.39 Å². The Morgan fingerprint density at radius 3 is 2.75 bits per heavy atom. The molecule has 0 saturated heterocycles. The first kappa shape index (κ1) is 11.9. The maximum atomic E-state index is 12.7. The predicted molar refractivity (Wildman–Crippen MR) is 51.0 cm³/mol. The van der Waals surface area contributed by atoms with Crippen molar-refractivity contribution in [2.45, 2.75) is 13.3 Å². The van der Waals surface area contributed by atoms with Crippen LogP contribution in [0.15, 0.2) is 18.2 Å². The van der Waals surface area contributed by atoms with Gasteiger partial charge in [0.1, 0.15) is 5.75 Å². The van der Waals surface area contributed by atoms with E-state index >= 15 is 0 Å². The Bertz CT molecular complexity index is 434. The molecule has 0 aromatic heterocycles. The summed E-state index contributed by atoms with van der Waals surface area (Å²) in [5, 5.41) is 18.7. The van der Waals surface area contributed by atoms with Crippen molar-refractivity contribution in [3.05, 3.63) is 33.9 Å². The molecule has 86 valence electrons. The molecule has 0 heterocycles. The second kappa shape index (κ2) is 4.56. The van der Waals surface area contributed by atoms with Gasteiger partial charge in [-0.05, 0) is 18.6 Å². The number of hydrogen-bond acceptors (Lipinski definition) is 4. The smallest absolute Gasteiger partial charge is 0.378 e. The molecule has 0 amide bonds. The average Bonchev–Trinajstić information content (AvgIpc) is 2.20. The van der Waals surface area contributed by atoms with E-state index in [4.69, 9.17) is 5.11 Å². The second-order valence-corrected chi connectivity index (χ2v) is 2.98. The number of nitro groups is 1. The minimum absolute atomic E-state index is 0.163. The first-order valence-corrected chi connectivity index (χ1v) is 4.20. The number of carboxylic acids is 1. The Morgan fingerprint density at radius 2 is 2.25 bits per heavy atom. The van der Waals surface area contributed by atoms with Crippen LogP contribution in [0.25, 0.3) is 0 Å². The van der Waals surface area contributed by atoms with E-state index in [0.717, 1.165) is 6.07 Å². The predicted octanol–water partition coefficient (Wildman–Crippen LogP) is 1.66. The van der Waals surface area contributed by atoms with Crippen LogP contribution >= 0.6 is 0 Å². The molecule has 1 rings (SSSR count). The Hall–Kier alpha value is -2.18. The number of carbonyl (C=O) groups is 1. The lowest BCUT2D eigenvalue weighted by atomic mass is 10.2. The van der Waals surface area contributed by atoms with E-state index in [1.165, 1.54) is 19.1 Å². The molecule has 0 aliphatic rings. The van der Waals surface area contributed by atoms with Gasteiger partial charge in [-0.3, -0.25) is 10.1 Å². The molecule has 0 aliphatic carbocycles. The van der Waals surface area contributed by atoms with Crippen LogP contribution in [-0.4, -0.2) is 22.4 Å². The van der Waals surface area contributed by atoms with Crippen LogP contribution in [0.2, 0.25) is 0 Å². The maximum Gasteiger partial charge on any atom is 0.378 e. The van der Waals surface area contributed by atoms with Crippen LogP contribution in [0.1, 0.15) is 5.56 Å². The highest BCUT2D eigenvalue weighted by Crippen LogP contribution is 2.25. The van der Waals surface area contributed by atoms with Gasteiger partial charge in [0.2, 0.25) is 0 Å².